The Bertz CT molecular complexity index is 380. The van der Waals surface area contributed by atoms with Crippen molar-refractivity contribution in [2.45, 2.75) is 37.8 Å². The van der Waals surface area contributed by atoms with Crippen LogP contribution in [0.2, 0.25) is 5.02 Å². The van der Waals surface area contributed by atoms with Gasteiger partial charge in [0.2, 0.25) is 0 Å². The van der Waals surface area contributed by atoms with Crippen LogP contribution >= 0.6 is 11.6 Å². The average Bonchev–Trinajstić information content (AvgIpc) is 2.82. The Balaban J connectivity index is 1.89. The molecule has 1 aliphatic carbocycles. The summed E-state index contributed by atoms with van der Waals surface area (Å²) in [4.78, 5) is 0. The van der Waals surface area contributed by atoms with Gasteiger partial charge in [-0.15, -0.1) is 0 Å². The van der Waals surface area contributed by atoms with Gasteiger partial charge in [-0.25, -0.2) is 4.39 Å². The lowest BCUT2D eigenvalue weighted by Gasteiger charge is -2.16. The van der Waals surface area contributed by atoms with Gasteiger partial charge in [0.15, 0.2) is 0 Å². The maximum atomic E-state index is 13.2. The molecule has 0 amide bonds. The van der Waals surface area contributed by atoms with E-state index in [-0.39, 0.29) is 5.02 Å². The zero-order chi connectivity index (χ0) is 12.3. The lowest BCUT2D eigenvalue weighted by molar-refractivity contribution is 0.169. The summed E-state index contributed by atoms with van der Waals surface area (Å²) < 4.78 is 13.2. The first kappa shape index (κ1) is 12.8. The third kappa shape index (κ3) is 3.41. The normalized spacial score (nSPS) is 18.5. The topological polar surface area (TPSA) is 32.3 Å². The molecule has 0 saturated heterocycles. The summed E-state index contributed by atoms with van der Waals surface area (Å²) in [5.41, 5.74) is 0.567. The molecule has 1 fully saturated rings. The molecule has 0 heterocycles. The Kier molecular flexibility index (Phi) is 4.37. The van der Waals surface area contributed by atoms with Gasteiger partial charge in [0, 0.05) is 12.6 Å². The highest BCUT2D eigenvalue weighted by Crippen LogP contribution is 2.21. The number of rotatable bonds is 4. The van der Waals surface area contributed by atoms with E-state index in [4.69, 9.17) is 11.6 Å². The molecule has 1 aromatic carbocycles. The molecule has 0 spiro atoms. The van der Waals surface area contributed by atoms with Crippen LogP contribution in [0, 0.1) is 5.82 Å². The molecular weight excluding hydrogens is 241 g/mol. The molecule has 1 unspecified atom stereocenters. The minimum atomic E-state index is -0.678. The van der Waals surface area contributed by atoms with E-state index < -0.39 is 11.9 Å². The zero-order valence-electron chi connectivity index (χ0n) is 9.63. The highest BCUT2D eigenvalue weighted by molar-refractivity contribution is 6.30. The van der Waals surface area contributed by atoms with Gasteiger partial charge >= 0.3 is 0 Å². The number of aliphatic hydroxyl groups is 1. The fourth-order valence-electron chi connectivity index (χ4n) is 2.25. The second-order valence-electron chi connectivity index (χ2n) is 4.58. The number of hydrogen-bond acceptors (Lipinski definition) is 2. The van der Waals surface area contributed by atoms with Gasteiger partial charge in [-0.1, -0.05) is 30.5 Å². The van der Waals surface area contributed by atoms with E-state index in [9.17, 15) is 9.50 Å². The summed E-state index contributed by atoms with van der Waals surface area (Å²) in [5, 5.41) is 13.3. The smallest absolute Gasteiger partial charge is 0.142 e. The minimum absolute atomic E-state index is 0.0877. The molecule has 1 aliphatic rings. The second kappa shape index (κ2) is 5.80. The van der Waals surface area contributed by atoms with Crippen LogP contribution in [-0.2, 0) is 0 Å². The Labute approximate surface area is 106 Å². The Morgan fingerprint density at radius 3 is 2.76 bits per heavy atom. The summed E-state index contributed by atoms with van der Waals surface area (Å²) in [6.07, 6.45) is 4.16. The lowest BCUT2D eigenvalue weighted by Crippen LogP contribution is -2.30. The number of benzene rings is 1. The van der Waals surface area contributed by atoms with Crippen LogP contribution < -0.4 is 5.32 Å². The Morgan fingerprint density at radius 1 is 1.41 bits per heavy atom. The minimum Gasteiger partial charge on any atom is -0.387 e. The molecule has 1 aromatic rings. The van der Waals surface area contributed by atoms with E-state index in [0.29, 0.717) is 18.2 Å². The predicted octanol–water partition coefficient (Wildman–Crippen LogP) is 3.04. The average molecular weight is 258 g/mol. The van der Waals surface area contributed by atoms with E-state index in [1.165, 1.54) is 37.8 Å². The van der Waals surface area contributed by atoms with Gasteiger partial charge in [-0.2, -0.15) is 0 Å². The summed E-state index contributed by atoms with van der Waals surface area (Å²) in [6, 6.07) is 4.93. The summed E-state index contributed by atoms with van der Waals surface area (Å²) in [7, 11) is 0. The van der Waals surface area contributed by atoms with Crippen LogP contribution in [0.25, 0.3) is 0 Å². The maximum absolute atomic E-state index is 13.2. The number of halogens is 2. The molecule has 0 aliphatic heterocycles. The second-order valence-corrected chi connectivity index (χ2v) is 4.99. The molecule has 2 rings (SSSR count). The third-order valence-electron chi connectivity index (χ3n) is 3.28. The van der Waals surface area contributed by atoms with Crippen molar-refractivity contribution in [3.8, 4) is 0 Å². The van der Waals surface area contributed by atoms with Crippen molar-refractivity contribution in [3.05, 3.63) is 34.6 Å². The van der Waals surface area contributed by atoms with Gasteiger partial charge in [0.1, 0.15) is 5.82 Å². The number of aliphatic hydroxyl groups excluding tert-OH is 1. The van der Waals surface area contributed by atoms with Crippen molar-refractivity contribution in [2.24, 2.45) is 0 Å². The zero-order valence-corrected chi connectivity index (χ0v) is 10.4. The summed E-state index contributed by atoms with van der Waals surface area (Å²) in [6.45, 7) is 0.464. The standard InChI is InChI=1S/C13H17ClFNO/c14-11-6-5-9(7-12(11)15)13(17)8-16-10-3-1-2-4-10/h5-7,10,13,16-17H,1-4,8H2. The first-order valence-electron chi connectivity index (χ1n) is 6.03. The molecule has 1 saturated carbocycles. The molecular formula is C13H17ClFNO. The van der Waals surface area contributed by atoms with Crippen molar-refractivity contribution < 1.29 is 9.50 Å². The predicted molar refractivity (Wildman–Crippen MR) is 66.6 cm³/mol. The van der Waals surface area contributed by atoms with E-state index in [2.05, 4.69) is 5.32 Å². The molecule has 1 atom stereocenters. The van der Waals surface area contributed by atoms with Crippen LogP contribution in [0.3, 0.4) is 0 Å². The van der Waals surface area contributed by atoms with Crippen LogP contribution in [0.1, 0.15) is 37.4 Å². The third-order valence-corrected chi connectivity index (χ3v) is 3.59. The largest absolute Gasteiger partial charge is 0.387 e. The summed E-state index contributed by atoms with van der Waals surface area (Å²) in [5.74, 6) is -0.482. The van der Waals surface area contributed by atoms with Gasteiger partial charge < -0.3 is 10.4 Å². The molecule has 17 heavy (non-hydrogen) atoms. The molecule has 2 nitrogen and oxygen atoms in total. The van der Waals surface area contributed by atoms with Gasteiger partial charge in [0.05, 0.1) is 11.1 Å². The quantitative estimate of drug-likeness (QED) is 0.869. The SMILES string of the molecule is OC(CNC1CCCC1)c1ccc(Cl)c(F)c1. The highest BCUT2D eigenvalue weighted by atomic mass is 35.5. The Morgan fingerprint density at radius 2 is 2.12 bits per heavy atom. The monoisotopic (exact) mass is 257 g/mol. The van der Waals surface area contributed by atoms with E-state index >= 15 is 0 Å². The van der Waals surface area contributed by atoms with Crippen LogP contribution in [0.15, 0.2) is 18.2 Å². The first-order chi connectivity index (χ1) is 8.16. The van der Waals surface area contributed by atoms with Crippen molar-refractivity contribution in [1.82, 2.24) is 5.32 Å². The molecule has 0 aromatic heterocycles. The molecule has 94 valence electrons. The fourth-order valence-corrected chi connectivity index (χ4v) is 2.36. The molecule has 0 bridgehead atoms. The van der Waals surface area contributed by atoms with Crippen LogP contribution in [-0.4, -0.2) is 17.7 Å². The molecule has 4 heteroatoms. The van der Waals surface area contributed by atoms with Crippen molar-refractivity contribution >= 4 is 11.6 Å². The molecule has 2 N–H and O–H groups in total. The summed E-state index contributed by atoms with van der Waals surface area (Å²) >= 11 is 5.59. The van der Waals surface area contributed by atoms with Gasteiger partial charge in [-0.05, 0) is 30.5 Å². The van der Waals surface area contributed by atoms with Crippen molar-refractivity contribution in [3.63, 3.8) is 0 Å². The van der Waals surface area contributed by atoms with Gasteiger partial charge in [0.25, 0.3) is 0 Å². The highest BCUT2D eigenvalue weighted by Gasteiger charge is 2.16. The molecule has 0 radical (unpaired) electrons. The van der Waals surface area contributed by atoms with E-state index in [1.807, 2.05) is 0 Å². The van der Waals surface area contributed by atoms with Crippen LogP contribution in [0.4, 0.5) is 4.39 Å². The van der Waals surface area contributed by atoms with Crippen molar-refractivity contribution in [1.29, 1.82) is 0 Å². The van der Waals surface area contributed by atoms with E-state index in [1.54, 1.807) is 6.07 Å². The van der Waals surface area contributed by atoms with E-state index in [0.717, 1.165) is 0 Å². The first-order valence-corrected chi connectivity index (χ1v) is 6.41. The maximum Gasteiger partial charge on any atom is 0.142 e. The number of nitrogens with one attached hydrogen (secondary N) is 1. The van der Waals surface area contributed by atoms with Crippen LogP contribution in [0.5, 0.6) is 0 Å². The fraction of sp³-hybridized carbons (Fsp3) is 0.538. The Hall–Kier alpha value is -0.640. The number of hydrogen-bond donors (Lipinski definition) is 2. The lowest BCUT2D eigenvalue weighted by atomic mass is 10.1. The van der Waals surface area contributed by atoms with Gasteiger partial charge in [-0.3, -0.25) is 0 Å². The van der Waals surface area contributed by atoms with Crippen molar-refractivity contribution in [2.75, 3.05) is 6.54 Å².